The van der Waals surface area contributed by atoms with Gasteiger partial charge in [0.1, 0.15) is 11.9 Å². The Balaban J connectivity index is 1.71. The second-order valence-corrected chi connectivity index (χ2v) is 7.63. The summed E-state index contributed by atoms with van der Waals surface area (Å²) >= 11 is 0. The Morgan fingerprint density at radius 2 is 2.09 bits per heavy atom. The van der Waals surface area contributed by atoms with Gasteiger partial charge in [-0.05, 0) is 44.2 Å². The van der Waals surface area contributed by atoms with Gasteiger partial charge in [0.2, 0.25) is 0 Å². The van der Waals surface area contributed by atoms with E-state index in [1.54, 1.807) is 43.2 Å². The van der Waals surface area contributed by atoms with Gasteiger partial charge in [-0.1, -0.05) is 17.9 Å². The first-order valence-corrected chi connectivity index (χ1v) is 10.7. The summed E-state index contributed by atoms with van der Waals surface area (Å²) in [5.74, 6) is 6.94. The highest BCUT2D eigenvalue weighted by atomic mass is 16.5. The minimum atomic E-state index is -0.287. The predicted molar refractivity (Wildman–Crippen MR) is 127 cm³/mol. The number of amides is 1. The molecule has 33 heavy (non-hydrogen) atoms. The second-order valence-electron chi connectivity index (χ2n) is 7.63. The van der Waals surface area contributed by atoms with Crippen molar-refractivity contribution in [1.29, 1.82) is 0 Å². The van der Waals surface area contributed by atoms with Crippen LogP contribution in [0.25, 0.3) is 0 Å². The van der Waals surface area contributed by atoms with Gasteiger partial charge in [-0.25, -0.2) is 0 Å². The molecule has 0 aliphatic carbocycles. The van der Waals surface area contributed by atoms with E-state index in [1.165, 1.54) is 0 Å². The second kappa shape index (κ2) is 11.8. The van der Waals surface area contributed by atoms with Gasteiger partial charge in [0, 0.05) is 49.8 Å². The maximum Gasteiger partial charge on any atom is 0.257 e. The first kappa shape index (κ1) is 24.0. The van der Waals surface area contributed by atoms with Crippen LogP contribution in [0.15, 0.2) is 48.7 Å². The molecule has 0 aliphatic rings. The normalized spacial score (nSPS) is 11.4. The van der Waals surface area contributed by atoms with Crippen molar-refractivity contribution in [3.8, 4) is 17.6 Å². The lowest BCUT2D eigenvalue weighted by Gasteiger charge is -2.15. The zero-order valence-corrected chi connectivity index (χ0v) is 19.4. The van der Waals surface area contributed by atoms with E-state index in [2.05, 4.69) is 32.6 Å². The van der Waals surface area contributed by atoms with Crippen molar-refractivity contribution in [3.63, 3.8) is 0 Å². The highest BCUT2D eigenvalue weighted by Crippen LogP contribution is 2.19. The van der Waals surface area contributed by atoms with Crippen LogP contribution in [0.3, 0.4) is 0 Å². The molecule has 0 unspecified atom stereocenters. The number of hydrogen-bond donors (Lipinski definition) is 2. The monoisotopic (exact) mass is 447 g/mol. The number of methoxy groups -OCH3 is 1. The number of pyridine rings is 1. The lowest BCUT2D eigenvalue weighted by molar-refractivity contribution is 0.0917. The summed E-state index contributed by atoms with van der Waals surface area (Å²) in [6.45, 7) is 5.41. The summed E-state index contributed by atoms with van der Waals surface area (Å²) in [5.41, 5.74) is 3.06. The molecule has 2 heterocycles. The van der Waals surface area contributed by atoms with E-state index in [9.17, 15) is 4.79 Å². The standard InChI is InChI=1S/C25H29N5O3/c1-18-7-5-9-22(27-18)16-26-11-6-8-20-13-21(15-23(14-20)33-19(2)17-32-4)25(31)28-24-10-12-30(3)29-24/h5,7,9-10,12-15,19,26H,11,16-17H2,1-4H3,(H,28,29,31)/t19-/m0/s1. The fourth-order valence-corrected chi connectivity index (χ4v) is 3.14. The molecule has 1 aromatic carbocycles. The van der Waals surface area contributed by atoms with E-state index in [0.29, 0.717) is 42.4 Å². The number of hydrogen-bond acceptors (Lipinski definition) is 6. The van der Waals surface area contributed by atoms with Gasteiger partial charge < -0.3 is 20.1 Å². The number of aromatic nitrogens is 3. The van der Waals surface area contributed by atoms with Gasteiger partial charge in [-0.2, -0.15) is 5.10 Å². The number of ether oxygens (including phenoxy) is 2. The van der Waals surface area contributed by atoms with E-state index in [-0.39, 0.29) is 12.0 Å². The van der Waals surface area contributed by atoms with Crippen molar-refractivity contribution in [2.24, 2.45) is 7.05 Å². The van der Waals surface area contributed by atoms with Gasteiger partial charge in [-0.15, -0.1) is 0 Å². The topological polar surface area (TPSA) is 90.3 Å². The molecule has 3 aromatic rings. The summed E-state index contributed by atoms with van der Waals surface area (Å²) in [4.78, 5) is 17.3. The van der Waals surface area contributed by atoms with Crippen LogP contribution in [0.4, 0.5) is 5.82 Å². The Labute approximate surface area is 194 Å². The van der Waals surface area contributed by atoms with Crippen molar-refractivity contribution in [1.82, 2.24) is 20.1 Å². The van der Waals surface area contributed by atoms with Crippen LogP contribution in [0.2, 0.25) is 0 Å². The number of rotatable bonds is 9. The fourth-order valence-electron chi connectivity index (χ4n) is 3.14. The molecule has 8 heteroatoms. The third-order valence-electron chi connectivity index (χ3n) is 4.56. The van der Waals surface area contributed by atoms with Crippen LogP contribution in [-0.2, 0) is 18.3 Å². The highest BCUT2D eigenvalue weighted by Gasteiger charge is 2.12. The van der Waals surface area contributed by atoms with Gasteiger partial charge in [-0.3, -0.25) is 14.5 Å². The molecule has 2 aromatic heterocycles. The number of carbonyl (C=O) groups is 1. The quantitative estimate of drug-likeness (QED) is 0.387. The third-order valence-corrected chi connectivity index (χ3v) is 4.56. The van der Waals surface area contributed by atoms with Crippen molar-refractivity contribution in [2.75, 3.05) is 25.6 Å². The molecule has 0 radical (unpaired) electrons. The zero-order chi connectivity index (χ0) is 23.6. The third kappa shape index (κ3) is 7.75. The summed E-state index contributed by atoms with van der Waals surface area (Å²) in [7, 11) is 3.41. The minimum absolute atomic E-state index is 0.173. The lowest BCUT2D eigenvalue weighted by Crippen LogP contribution is -2.19. The molecule has 3 rings (SSSR count). The Bertz CT molecular complexity index is 1150. The van der Waals surface area contributed by atoms with Crippen LogP contribution in [0.1, 0.15) is 34.2 Å². The van der Waals surface area contributed by atoms with E-state index in [4.69, 9.17) is 9.47 Å². The number of nitrogens with zero attached hydrogens (tertiary/aromatic N) is 3. The van der Waals surface area contributed by atoms with Crippen LogP contribution >= 0.6 is 0 Å². The maximum atomic E-state index is 12.8. The van der Waals surface area contributed by atoms with Gasteiger partial charge in [0.25, 0.3) is 5.91 Å². The van der Waals surface area contributed by atoms with E-state index < -0.39 is 0 Å². The number of benzene rings is 1. The fraction of sp³-hybridized carbons (Fsp3) is 0.320. The van der Waals surface area contributed by atoms with E-state index >= 15 is 0 Å². The molecule has 0 saturated heterocycles. The van der Waals surface area contributed by atoms with Crippen LogP contribution in [-0.4, -0.2) is 47.0 Å². The van der Waals surface area contributed by atoms with Gasteiger partial charge in [0.05, 0.1) is 18.8 Å². The summed E-state index contributed by atoms with van der Waals surface area (Å²) < 4.78 is 12.7. The molecule has 1 atom stereocenters. The smallest absolute Gasteiger partial charge is 0.257 e. The molecule has 0 bridgehead atoms. The number of anilines is 1. The first-order valence-electron chi connectivity index (χ1n) is 10.7. The molecule has 0 fully saturated rings. The van der Waals surface area contributed by atoms with Crippen LogP contribution in [0.5, 0.6) is 5.75 Å². The Morgan fingerprint density at radius 3 is 2.82 bits per heavy atom. The summed E-state index contributed by atoms with van der Waals surface area (Å²) in [6.07, 6.45) is 1.59. The van der Waals surface area contributed by atoms with E-state index in [0.717, 1.165) is 11.4 Å². The molecule has 8 nitrogen and oxygen atoms in total. The van der Waals surface area contributed by atoms with Crippen molar-refractivity contribution in [3.05, 3.63) is 71.2 Å². The molecule has 0 spiro atoms. The summed E-state index contributed by atoms with van der Waals surface area (Å²) in [6, 6.07) is 12.9. The molecule has 0 saturated carbocycles. The number of aryl methyl sites for hydroxylation is 2. The van der Waals surface area contributed by atoms with Crippen molar-refractivity contribution in [2.45, 2.75) is 26.5 Å². The van der Waals surface area contributed by atoms with Gasteiger partial charge >= 0.3 is 0 Å². The Hall–Kier alpha value is -3.67. The average Bonchev–Trinajstić information content (AvgIpc) is 3.18. The zero-order valence-electron chi connectivity index (χ0n) is 19.4. The molecular weight excluding hydrogens is 418 g/mol. The molecular formula is C25H29N5O3. The summed E-state index contributed by atoms with van der Waals surface area (Å²) in [5, 5.41) is 10.2. The largest absolute Gasteiger partial charge is 0.488 e. The predicted octanol–water partition coefficient (Wildman–Crippen LogP) is 2.93. The molecule has 1 amide bonds. The SMILES string of the molecule is COC[C@H](C)Oc1cc(C#CCNCc2cccc(C)n2)cc(C(=O)Nc2ccn(C)n2)c1. The molecule has 2 N–H and O–H groups in total. The van der Waals surface area contributed by atoms with Crippen LogP contribution < -0.4 is 15.4 Å². The minimum Gasteiger partial charge on any atom is -0.488 e. The van der Waals surface area contributed by atoms with E-state index in [1.807, 2.05) is 38.1 Å². The lowest BCUT2D eigenvalue weighted by atomic mass is 10.1. The van der Waals surface area contributed by atoms with Crippen LogP contribution in [0, 0.1) is 18.8 Å². The number of nitrogens with one attached hydrogen (secondary N) is 2. The Kier molecular flexibility index (Phi) is 8.58. The number of carbonyl (C=O) groups excluding carboxylic acids is 1. The molecule has 0 aliphatic heterocycles. The average molecular weight is 448 g/mol. The van der Waals surface area contributed by atoms with Crippen molar-refractivity contribution >= 4 is 11.7 Å². The van der Waals surface area contributed by atoms with Crippen molar-refractivity contribution < 1.29 is 14.3 Å². The Morgan fingerprint density at radius 1 is 1.24 bits per heavy atom. The first-order chi connectivity index (χ1) is 15.9. The maximum absolute atomic E-state index is 12.8. The molecule has 172 valence electrons. The van der Waals surface area contributed by atoms with Gasteiger partial charge in [0.15, 0.2) is 5.82 Å². The highest BCUT2D eigenvalue weighted by molar-refractivity contribution is 6.04.